The maximum absolute atomic E-state index is 13.4. The lowest BCUT2D eigenvalue weighted by atomic mass is 9.43. The maximum Gasteiger partial charge on any atom is 0.305 e. The molecule has 7 saturated carbocycles. The summed E-state index contributed by atoms with van der Waals surface area (Å²) in [7, 11) is 0. The van der Waals surface area contributed by atoms with Gasteiger partial charge in [-0.1, -0.05) is 61.3 Å². The first-order valence-electron chi connectivity index (χ1n) is 26.6. The summed E-state index contributed by atoms with van der Waals surface area (Å²) < 4.78 is 5.98. The Morgan fingerprint density at radius 3 is 1.94 bits per heavy atom. The molecule has 4 unspecified atom stereocenters. The first-order chi connectivity index (χ1) is 29.6. The lowest BCUT2D eigenvalue weighted by molar-refractivity contribution is -0.167. The molecule has 7 aliphatic carbocycles. The Morgan fingerprint density at radius 1 is 0.629 bits per heavy atom. The Hall–Kier alpha value is -1.67. The van der Waals surface area contributed by atoms with Gasteiger partial charge in [0.05, 0.1) is 18.8 Å². The van der Waals surface area contributed by atoms with E-state index in [4.69, 9.17) is 4.74 Å². The van der Waals surface area contributed by atoms with E-state index in [1.165, 1.54) is 44.9 Å². The zero-order chi connectivity index (χ0) is 44.2. The van der Waals surface area contributed by atoms with Crippen LogP contribution in [0.3, 0.4) is 0 Å². The Labute approximate surface area is 376 Å². The number of carbonyl (C=O) groups is 3. The monoisotopic (exact) mass is 863 g/mol. The Morgan fingerprint density at radius 2 is 1.23 bits per heavy atom. The zero-order valence-electron chi connectivity index (χ0n) is 40.4. The molecule has 8 heteroatoms. The fourth-order valence-corrected chi connectivity index (χ4v) is 18.8. The van der Waals surface area contributed by atoms with Crippen molar-refractivity contribution in [2.75, 3.05) is 13.2 Å². The van der Waals surface area contributed by atoms with Gasteiger partial charge >= 0.3 is 5.97 Å². The molecule has 0 spiro atoms. The van der Waals surface area contributed by atoms with E-state index in [9.17, 15) is 24.6 Å². The quantitative estimate of drug-likeness (QED) is 0.210. The summed E-state index contributed by atoms with van der Waals surface area (Å²) in [4.78, 5) is 40.0. The predicted molar refractivity (Wildman–Crippen MR) is 245 cm³/mol. The van der Waals surface area contributed by atoms with Gasteiger partial charge in [-0.25, -0.2) is 0 Å². The topological polar surface area (TPSA) is 125 Å². The lowest BCUT2D eigenvalue weighted by Gasteiger charge is -2.62. The number of esters is 1. The molecule has 6 saturated heterocycles. The molecule has 13 fully saturated rings. The van der Waals surface area contributed by atoms with Crippen LogP contribution < -0.4 is 10.6 Å². The number of rotatable bonds is 3. The molecule has 0 aromatic heterocycles. The van der Waals surface area contributed by atoms with E-state index in [0.29, 0.717) is 104 Å². The fraction of sp³-hybridized carbons (Fsp3) is 0.944. The first kappa shape index (κ1) is 46.8. The molecule has 0 aromatic rings. The number of carbonyl (C=O) groups excluding carboxylic acids is 3. The third-order valence-corrected chi connectivity index (χ3v) is 22.0. The number of hydrogen-bond donors (Lipinski definition) is 4. The third kappa shape index (κ3) is 8.37. The average Bonchev–Trinajstić information content (AvgIpc) is 3.77. The first-order valence-corrected chi connectivity index (χ1v) is 26.6. The smallest absolute Gasteiger partial charge is 0.305 e. The summed E-state index contributed by atoms with van der Waals surface area (Å²) in [5.74, 6) is 5.63. The van der Waals surface area contributed by atoms with Crippen molar-refractivity contribution in [2.45, 2.75) is 214 Å². The molecular weight excluding hydrogens is 773 g/mol. The van der Waals surface area contributed by atoms with Crippen molar-refractivity contribution in [3.63, 3.8) is 0 Å². The number of amides is 2. The van der Waals surface area contributed by atoms with Crippen LogP contribution in [0, 0.1) is 92.7 Å². The number of nitrogens with one attached hydrogen (secondary N) is 2. The molecule has 4 N–H and O–H groups in total. The van der Waals surface area contributed by atoms with E-state index >= 15 is 0 Å². The van der Waals surface area contributed by atoms with E-state index in [-0.39, 0.29) is 63.6 Å². The van der Waals surface area contributed by atoms with Crippen LogP contribution in [0.5, 0.6) is 0 Å². The van der Waals surface area contributed by atoms with Crippen molar-refractivity contribution in [1.29, 1.82) is 0 Å². The highest BCUT2D eigenvalue weighted by atomic mass is 16.5. The van der Waals surface area contributed by atoms with E-state index in [0.717, 1.165) is 77.0 Å². The molecule has 352 valence electrons. The van der Waals surface area contributed by atoms with Crippen LogP contribution in [0.4, 0.5) is 0 Å². The summed E-state index contributed by atoms with van der Waals surface area (Å²) in [6.07, 6.45) is 21.5. The van der Waals surface area contributed by atoms with Crippen molar-refractivity contribution in [1.82, 2.24) is 10.6 Å². The van der Waals surface area contributed by atoms with Crippen molar-refractivity contribution in [2.24, 2.45) is 92.7 Å². The number of ether oxygens (including phenoxy) is 1. The van der Waals surface area contributed by atoms with Gasteiger partial charge < -0.3 is 25.6 Å². The van der Waals surface area contributed by atoms with Gasteiger partial charge in [0.15, 0.2) is 0 Å². The molecule has 0 aromatic carbocycles. The standard InChI is InChI=1S/C54H90N2O6/c1-8-24-51(4)36-31-45(58)50-41-19-17-39(54(41,7)27-23-42(50)51)34(9-2)12-11-28-62-48(61)20-15-33(3)38-16-18-40-49-43(22-26-53(38,40)6)52(5)25-21-37(29-35(52)30-44(49)57)56-47(60)14-10-13-46(59)55-32-36/h33-45,49-50,57-58H,8-32H2,1-7H3,(H,55,59)(H,56,60)/t33-,34+,35?,36?,37+,38-,39+,40+,41-,42-,43+,44+,45-,49?,50?,51-,52+,53-,54+/m1/s1. The van der Waals surface area contributed by atoms with Crippen LogP contribution >= 0.6 is 0 Å². The second-order valence-electron chi connectivity index (χ2n) is 24.5. The van der Waals surface area contributed by atoms with E-state index in [1.807, 2.05) is 0 Å². The summed E-state index contributed by atoms with van der Waals surface area (Å²) in [5, 5.41) is 30.8. The minimum Gasteiger partial charge on any atom is -0.466 e. The molecule has 8 nitrogen and oxygen atoms in total. The van der Waals surface area contributed by atoms with Crippen LogP contribution in [-0.2, 0) is 19.1 Å². The highest BCUT2D eigenvalue weighted by Crippen LogP contribution is 2.70. The van der Waals surface area contributed by atoms with Crippen molar-refractivity contribution < 1.29 is 29.3 Å². The van der Waals surface area contributed by atoms with Crippen molar-refractivity contribution in [3.8, 4) is 0 Å². The van der Waals surface area contributed by atoms with Gasteiger partial charge in [0.25, 0.3) is 0 Å². The molecule has 0 radical (unpaired) electrons. The number of hydrogen-bond acceptors (Lipinski definition) is 6. The van der Waals surface area contributed by atoms with Crippen molar-refractivity contribution >= 4 is 17.8 Å². The molecule has 6 heterocycles. The Bertz CT molecular complexity index is 1600. The van der Waals surface area contributed by atoms with E-state index in [1.54, 1.807) is 0 Å². The second-order valence-corrected chi connectivity index (χ2v) is 24.5. The van der Waals surface area contributed by atoms with Gasteiger partial charge in [0.1, 0.15) is 0 Å². The minimum atomic E-state index is -0.344. The van der Waals surface area contributed by atoms with Gasteiger partial charge in [-0.3, -0.25) is 14.4 Å². The molecule has 2 amide bonds. The van der Waals surface area contributed by atoms with E-state index < -0.39 is 0 Å². The van der Waals surface area contributed by atoms with Gasteiger partial charge in [0, 0.05) is 31.8 Å². The SMILES string of the molecule is CCC[C@]1(C)C2CNC(=O)CCCC(=O)N[C@H]3CC[C@@]4(C)C(C3)C[C@H](O)C3[C@@H]5CC[C@H]([C@H](C)CCC(=O)OCCC[C@H](CC)[C@@H]6CC[C@@H]7C([C@H](O)C2)[C@H]1CC[C@]76C)[C@@]5(C)CC[C@@H]34. The summed E-state index contributed by atoms with van der Waals surface area (Å²) in [6.45, 7) is 18.2. The number of aliphatic hydroxyl groups excluding tert-OH is 2. The zero-order valence-corrected chi connectivity index (χ0v) is 40.4. The molecular formula is C54H90N2O6. The highest BCUT2D eigenvalue weighted by Gasteiger charge is 2.64. The van der Waals surface area contributed by atoms with Crippen molar-refractivity contribution in [3.05, 3.63) is 0 Å². The Kier molecular flexibility index (Phi) is 14.0. The lowest BCUT2D eigenvalue weighted by Crippen LogP contribution is -2.59. The van der Waals surface area contributed by atoms with Crippen LogP contribution in [-0.4, -0.2) is 59.4 Å². The van der Waals surface area contributed by atoms with Gasteiger partial charge in [-0.15, -0.1) is 0 Å². The minimum absolute atomic E-state index is 0.0240. The largest absolute Gasteiger partial charge is 0.466 e. The second kappa shape index (κ2) is 18.5. The molecule has 13 rings (SSSR count). The number of aliphatic hydroxyl groups is 2. The van der Waals surface area contributed by atoms with Gasteiger partial charge in [0.2, 0.25) is 11.8 Å². The summed E-state index contributed by atoms with van der Waals surface area (Å²) in [6, 6.07) is 0.132. The Balaban J connectivity index is 0.972. The summed E-state index contributed by atoms with van der Waals surface area (Å²) in [5.41, 5.74) is 0.674. The van der Waals surface area contributed by atoms with Crippen LogP contribution in [0.15, 0.2) is 0 Å². The number of fused-ring (bicyclic) bond motifs is 1. The highest BCUT2D eigenvalue weighted by molar-refractivity contribution is 5.79. The van der Waals surface area contributed by atoms with Gasteiger partial charge in [-0.2, -0.15) is 0 Å². The average molecular weight is 863 g/mol. The fourth-order valence-electron chi connectivity index (χ4n) is 18.8. The van der Waals surface area contributed by atoms with E-state index in [2.05, 4.69) is 59.1 Å². The molecule has 14 bridgehead atoms. The molecule has 19 atom stereocenters. The van der Waals surface area contributed by atoms with Crippen LogP contribution in [0.2, 0.25) is 0 Å². The van der Waals surface area contributed by atoms with Crippen LogP contribution in [0.25, 0.3) is 0 Å². The normalized spacial score (nSPS) is 50.7. The molecule has 13 aliphatic rings. The third-order valence-electron chi connectivity index (χ3n) is 22.0. The molecule has 6 aliphatic heterocycles. The molecule has 62 heavy (non-hydrogen) atoms. The summed E-state index contributed by atoms with van der Waals surface area (Å²) >= 11 is 0. The predicted octanol–water partition coefficient (Wildman–Crippen LogP) is 10.4. The van der Waals surface area contributed by atoms with Crippen LogP contribution in [0.1, 0.15) is 196 Å². The maximum atomic E-state index is 13.4. The van der Waals surface area contributed by atoms with Gasteiger partial charge in [-0.05, 0) is 208 Å².